The third-order valence-corrected chi connectivity index (χ3v) is 3.64. The van der Waals surface area contributed by atoms with Crippen molar-refractivity contribution in [1.29, 1.82) is 0 Å². The molecule has 0 spiro atoms. The van der Waals surface area contributed by atoms with Crippen LogP contribution in [0.1, 0.15) is 18.1 Å². The van der Waals surface area contributed by atoms with Crippen molar-refractivity contribution in [2.45, 2.75) is 13.5 Å². The average Bonchev–Trinajstić information content (AvgIpc) is 2.63. The van der Waals surface area contributed by atoms with Crippen LogP contribution in [0.5, 0.6) is 5.75 Å². The summed E-state index contributed by atoms with van der Waals surface area (Å²) in [5.74, 6) is -0.503. The first-order chi connectivity index (χ1) is 12.5. The normalized spacial score (nSPS) is 10.7. The van der Waals surface area contributed by atoms with Gasteiger partial charge in [0.15, 0.2) is 6.61 Å². The molecule has 2 N–H and O–H groups in total. The maximum absolute atomic E-state index is 13.3. The molecule has 0 saturated carbocycles. The van der Waals surface area contributed by atoms with Gasteiger partial charge in [0.25, 0.3) is 5.91 Å². The van der Waals surface area contributed by atoms with E-state index >= 15 is 0 Å². The Morgan fingerprint density at radius 3 is 2.54 bits per heavy atom. The number of amides is 2. The molecule has 0 radical (unpaired) electrons. The zero-order valence-electron chi connectivity index (χ0n) is 14.5. The number of carbonyl (C=O) groups excluding carboxylic acids is 2. The summed E-state index contributed by atoms with van der Waals surface area (Å²) in [5, 5.41) is 0. The van der Waals surface area contributed by atoms with E-state index in [1.807, 2.05) is 6.92 Å². The minimum Gasteiger partial charge on any atom is -0.484 e. The van der Waals surface area contributed by atoms with Crippen molar-refractivity contribution in [1.82, 2.24) is 4.90 Å². The molecule has 136 valence electrons. The van der Waals surface area contributed by atoms with Crippen molar-refractivity contribution in [3.63, 3.8) is 0 Å². The molecule has 2 aromatic rings. The highest BCUT2D eigenvalue weighted by Gasteiger charge is 2.09. The Morgan fingerprint density at radius 2 is 1.92 bits per heavy atom. The van der Waals surface area contributed by atoms with Crippen LogP contribution >= 0.6 is 0 Å². The van der Waals surface area contributed by atoms with E-state index in [4.69, 9.17) is 10.5 Å². The molecule has 0 aliphatic heterocycles. The fourth-order valence-electron chi connectivity index (χ4n) is 2.30. The summed E-state index contributed by atoms with van der Waals surface area (Å²) >= 11 is 0. The quantitative estimate of drug-likeness (QED) is 0.739. The molecule has 0 aliphatic carbocycles. The first kappa shape index (κ1) is 19.2. The maximum atomic E-state index is 13.3. The third-order valence-electron chi connectivity index (χ3n) is 3.64. The van der Waals surface area contributed by atoms with Crippen molar-refractivity contribution in [3.8, 4) is 5.75 Å². The second kappa shape index (κ2) is 9.36. The van der Waals surface area contributed by atoms with Crippen molar-refractivity contribution in [2.75, 3.05) is 13.2 Å². The summed E-state index contributed by atoms with van der Waals surface area (Å²) in [6, 6.07) is 13.1. The molecule has 0 aliphatic rings. The minimum absolute atomic E-state index is 0.161. The van der Waals surface area contributed by atoms with E-state index in [-0.39, 0.29) is 18.3 Å². The fraction of sp³-hybridized carbons (Fsp3) is 0.200. The van der Waals surface area contributed by atoms with E-state index in [1.165, 1.54) is 18.2 Å². The number of nitrogens with zero attached hydrogens (tertiary/aromatic N) is 1. The summed E-state index contributed by atoms with van der Waals surface area (Å²) in [5.41, 5.74) is 6.57. The lowest BCUT2D eigenvalue weighted by molar-refractivity contribution is -0.126. The molecule has 0 bridgehead atoms. The Bertz CT molecular complexity index is 788. The molecule has 0 saturated heterocycles. The SMILES string of the molecule is CCN(Cc1cccc(F)c1)C(=O)C=Cc1ccc(OCC(N)=O)cc1. The van der Waals surface area contributed by atoms with Crippen LogP contribution in [0.15, 0.2) is 54.6 Å². The third kappa shape index (κ3) is 6.05. The van der Waals surface area contributed by atoms with Gasteiger partial charge in [0.2, 0.25) is 5.91 Å². The zero-order chi connectivity index (χ0) is 18.9. The molecule has 2 amide bonds. The first-order valence-corrected chi connectivity index (χ1v) is 8.20. The number of hydrogen-bond acceptors (Lipinski definition) is 3. The van der Waals surface area contributed by atoms with Gasteiger partial charge in [-0.3, -0.25) is 9.59 Å². The molecule has 0 fully saturated rings. The lowest BCUT2D eigenvalue weighted by atomic mass is 10.2. The highest BCUT2D eigenvalue weighted by atomic mass is 19.1. The molecule has 0 atom stereocenters. The number of hydrogen-bond donors (Lipinski definition) is 1. The van der Waals surface area contributed by atoms with Crippen LogP contribution in [0.25, 0.3) is 6.08 Å². The highest BCUT2D eigenvalue weighted by Crippen LogP contribution is 2.14. The standard InChI is InChI=1S/C20H21FN2O3/c1-2-23(13-16-4-3-5-17(21)12-16)20(25)11-8-15-6-9-18(10-7-15)26-14-19(22)24/h3-12H,2,13-14H2,1H3,(H2,22,24). The van der Waals surface area contributed by atoms with Crippen LogP contribution in [-0.2, 0) is 16.1 Å². The number of benzene rings is 2. The molecule has 0 aromatic heterocycles. The molecule has 26 heavy (non-hydrogen) atoms. The van der Waals surface area contributed by atoms with Gasteiger partial charge in [0.05, 0.1) is 0 Å². The number of ether oxygens (including phenoxy) is 1. The lowest BCUT2D eigenvalue weighted by Gasteiger charge is -2.19. The molecule has 5 nitrogen and oxygen atoms in total. The van der Waals surface area contributed by atoms with Crippen LogP contribution in [0.2, 0.25) is 0 Å². The van der Waals surface area contributed by atoms with E-state index in [0.29, 0.717) is 18.8 Å². The smallest absolute Gasteiger partial charge is 0.255 e. The second-order valence-corrected chi connectivity index (χ2v) is 5.64. The molecule has 6 heteroatoms. The predicted molar refractivity (Wildman–Crippen MR) is 97.7 cm³/mol. The van der Waals surface area contributed by atoms with Gasteiger partial charge in [-0.05, 0) is 48.4 Å². The highest BCUT2D eigenvalue weighted by molar-refractivity contribution is 5.91. The first-order valence-electron chi connectivity index (χ1n) is 8.20. The monoisotopic (exact) mass is 356 g/mol. The van der Waals surface area contributed by atoms with Crippen LogP contribution in [-0.4, -0.2) is 29.9 Å². The average molecular weight is 356 g/mol. The predicted octanol–water partition coefficient (Wildman–Crippen LogP) is 2.75. The van der Waals surface area contributed by atoms with Gasteiger partial charge in [-0.1, -0.05) is 24.3 Å². The number of nitrogens with two attached hydrogens (primary N) is 1. The Labute approximate surface area is 151 Å². The van der Waals surface area contributed by atoms with E-state index in [9.17, 15) is 14.0 Å². The number of primary amides is 1. The number of halogens is 1. The Balaban J connectivity index is 1.96. The summed E-state index contributed by atoms with van der Waals surface area (Å²) in [6.45, 7) is 2.55. The van der Waals surface area contributed by atoms with E-state index in [0.717, 1.165) is 11.1 Å². The van der Waals surface area contributed by atoms with Crippen LogP contribution in [0, 0.1) is 5.82 Å². The van der Waals surface area contributed by atoms with Crippen LogP contribution in [0.4, 0.5) is 4.39 Å². The Hall–Kier alpha value is -3.15. The van der Waals surface area contributed by atoms with Gasteiger partial charge >= 0.3 is 0 Å². The molecule has 2 aromatic carbocycles. The second-order valence-electron chi connectivity index (χ2n) is 5.64. The lowest BCUT2D eigenvalue weighted by Crippen LogP contribution is -2.28. The Kier molecular flexibility index (Phi) is 6.91. The minimum atomic E-state index is -0.544. The molecule has 0 heterocycles. The van der Waals surface area contributed by atoms with Crippen molar-refractivity contribution in [2.24, 2.45) is 5.73 Å². The fourth-order valence-corrected chi connectivity index (χ4v) is 2.30. The van der Waals surface area contributed by atoms with Crippen LogP contribution in [0.3, 0.4) is 0 Å². The zero-order valence-corrected chi connectivity index (χ0v) is 14.5. The van der Waals surface area contributed by atoms with Crippen molar-refractivity contribution in [3.05, 3.63) is 71.6 Å². The van der Waals surface area contributed by atoms with E-state index in [2.05, 4.69) is 0 Å². The van der Waals surface area contributed by atoms with Crippen molar-refractivity contribution < 1.29 is 18.7 Å². The Morgan fingerprint density at radius 1 is 1.19 bits per heavy atom. The molecular formula is C20H21FN2O3. The van der Waals surface area contributed by atoms with Gasteiger partial charge in [0, 0.05) is 19.2 Å². The van der Waals surface area contributed by atoms with E-state index < -0.39 is 5.91 Å². The number of carbonyl (C=O) groups is 2. The summed E-state index contributed by atoms with van der Waals surface area (Å²) < 4.78 is 18.4. The maximum Gasteiger partial charge on any atom is 0.255 e. The van der Waals surface area contributed by atoms with Gasteiger partial charge in [-0.25, -0.2) is 4.39 Å². The summed E-state index contributed by atoms with van der Waals surface area (Å²) in [7, 11) is 0. The van der Waals surface area contributed by atoms with E-state index in [1.54, 1.807) is 47.4 Å². The number of likely N-dealkylation sites (N-methyl/N-ethyl adjacent to an activating group) is 1. The largest absolute Gasteiger partial charge is 0.484 e. The van der Waals surface area contributed by atoms with Crippen LogP contribution < -0.4 is 10.5 Å². The van der Waals surface area contributed by atoms with Gasteiger partial charge < -0.3 is 15.4 Å². The summed E-state index contributed by atoms with van der Waals surface area (Å²) in [6.07, 6.45) is 3.16. The van der Waals surface area contributed by atoms with Gasteiger partial charge in [-0.15, -0.1) is 0 Å². The molecule has 0 unspecified atom stereocenters. The van der Waals surface area contributed by atoms with Crippen molar-refractivity contribution >= 4 is 17.9 Å². The summed E-state index contributed by atoms with van der Waals surface area (Å²) in [4.78, 5) is 24.7. The van der Waals surface area contributed by atoms with Gasteiger partial charge in [0.1, 0.15) is 11.6 Å². The molecule has 2 rings (SSSR count). The number of rotatable bonds is 8. The topological polar surface area (TPSA) is 72.6 Å². The van der Waals surface area contributed by atoms with Gasteiger partial charge in [-0.2, -0.15) is 0 Å². The molecular weight excluding hydrogens is 335 g/mol.